The first kappa shape index (κ1) is 24.7. The lowest BCUT2D eigenvalue weighted by atomic mass is 9.95. The molecule has 0 amide bonds. The summed E-state index contributed by atoms with van der Waals surface area (Å²) in [7, 11) is 0. The molecule has 7 nitrogen and oxygen atoms in total. The third-order valence-electron chi connectivity index (χ3n) is 5.49. The van der Waals surface area contributed by atoms with Crippen LogP contribution >= 0.6 is 0 Å². The second-order valence-electron chi connectivity index (χ2n) is 7.78. The lowest BCUT2D eigenvalue weighted by Gasteiger charge is -2.16. The Balaban J connectivity index is 1.80. The van der Waals surface area contributed by atoms with Gasteiger partial charge < -0.3 is 25.1 Å². The summed E-state index contributed by atoms with van der Waals surface area (Å²) in [6.07, 6.45) is 1.20. The van der Waals surface area contributed by atoms with Crippen molar-refractivity contribution in [3.8, 4) is 5.75 Å². The van der Waals surface area contributed by atoms with Crippen molar-refractivity contribution in [3.05, 3.63) is 99.6 Å². The van der Waals surface area contributed by atoms with Crippen LogP contribution < -0.4 is 4.74 Å². The highest BCUT2D eigenvalue weighted by atomic mass is 16.5. The Morgan fingerprint density at radius 2 is 1.71 bits per heavy atom. The van der Waals surface area contributed by atoms with Crippen LogP contribution in [-0.2, 0) is 17.8 Å². The van der Waals surface area contributed by atoms with Crippen LogP contribution in [0.3, 0.4) is 0 Å². The maximum atomic E-state index is 11.7. The van der Waals surface area contributed by atoms with E-state index >= 15 is 0 Å². The fourth-order valence-corrected chi connectivity index (χ4v) is 3.73. The third-order valence-corrected chi connectivity index (χ3v) is 5.49. The number of rotatable bonds is 11. The first-order chi connectivity index (χ1) is 16.3. The molecule has 0 fully saturated rings. The van der Waals surface area contributed by atoms with Crippen molar-refractivity contribution in [1.82, 2.24) is 0 Å². The summed E-state index contributed by atoms with van der Waals surface area (Å²) < 4.78 is 11.6. The van der Waals surface area contributed by atoms with Crippen LogP contribution in [0.15, 0.2) is 60.7 Å². The lowest BCUT2D eigenvalue weighted by Crippen LogP contribution is -2.08. The predicted molar refractivity (Wildman–Crippen MR) is 128 cm³/mol. The first-order valence-corrected chi connectivity index (χ1v) is 10.9. The number of aromatic carboxylic acids is 2. The number of aryl methyl sites for hydroxylation is 1. The highest BCUT2D eigenvalue weighted by molar-refractivity contribution is 5.95. The van der Waals surface area contributed by atoms with Gasteiger partial charge in [-0.25, -0.2) is 9.59 Å². The number of hydrogen-bond donors (Lipinski definition) is 3. The molecule has 3 aromatic rings. The first-order valence-electron chi connectivity index (χ1n) is 10.9. The summed E-state index contributed by atoms with van der Waals surface area (Å²) in [5.74, 6) is -1.63. The number of carboxylic acid groups (broad SMARTS) is 2. The molecule has 34 heavy (non-hydrogen) atoms. The summed E-state index contributed by atoms with van der Waals surface area (Å²) in [6.45, 7) is 4.61. The van der Waals surface area contributed by atoms with Gasteiger partial charge in [-0.1, -0.05) is 36.4 Å². The van der Waals surface area contributed by atoms with Gasteiger partial charge in [0.25, 0.3) is 0 Å². The topological polar surface area (TPSA) is 117 Å². The second-order valence-corrected chi connectivity index (χ2v) is 7.78. The van der Waals surface area contributed by atoms with Gasteiger partial charge in [-0.2, -0.15) is 0 Å². The number of ether oxygens (including phenoxy) is 2. The van der Waals surface area contributed by atoms with Crippen molar-refractivity contribution in [3.63, 3.8) is 0 Å². The maximum Gasteiger partial charge on any atom is 0.336 e. The van der Waals surface area contributed by atoms with Crippen molar-refractivity contribution in [1.29, 1.82) is 5.41 Å². The number of benzene rings is 3. The van der Waals surface area contributed by atoms with Gasteiger partial charge in [0.1, 0.15) is 18.5 Å². The third kappa shape index (κ3) is 5.88. The Labute approximate surface area is 198 Å². The van der Waals surface area contributed by atoms with E-state index in [-0.39, 0.29) is 17.7 Å². The van der Waals surface area contributed by atoms with Crippen molar-refractivity contribution in [2.45, 2.75) is 33.0 Å². The molecule has 0 heterocycles. The van der Waals surface area contributed by atoms with Gasteiger partial charge >= 0.3 is 11.9 Å². The molecule has 0 spiro atoms. The molecule has 0 bridgehead atoms. The van der Waals surface area contributed by atoms with E-state index in [2.05, 4.69) is 0 Å². The van der Waals surface area contributed by atoms with E-state index in [0.29, 0.717) is 24.3 Å². The molecule has 1 unspecified atom stereocenters. The largest absolute Gasteiger partial charge is 0.489 e. The van der Waals surface area contributed by atoms with Crippen LogP contribution in [0, 0.1) is 12.3 Å². The fourth-order valence-electron chi connectivity index (χ4n) is 3.73. The molecule has 3 aromatic carbocycles. The SMILES string of the molecule is CCOC(C=N)c1ccc(OCc2ccccc2Cc2ccc(C(=O)O)cc2C(=O)O)c(C)c1. The maximum absolute atomic E-state index is 11.7. The van der Waals surface area contributed by atoms with Crippen LogP contribution in [-0.4, -0.2) is 35.0 Å². The standard InChI is InChI=1S/C27H27NO6/c1-3-33-25(15-28)20-10-11-24(17(2)12-20)34-16-22-7-5-4-6-18(22)13-19-8-9-21(26(29)30)14-23(19)27(31)32/h4-12,14-15,25,28H,3,13,16H2,1-2H3,(H,29,30)(H,31,32). The van der Waals surface area contributed by atoms with Gasteiger partial charge in [0.2, 0.25) is 0 Å². The van der Waals surface area contributed by atoms with Crippen LogP contribution in [0.5, 0.6) is 5.75 Å². The lowest BCUT2D eigenvalue weighted by molar-refractivity contribution is 0.0695. The van der Waals surface area contributed by atoms with Crippen LogP contribution in [0.4, 0.5) is 0 Å². The van der Waals surface area contributed by atoms with Crippen molar-refractivity contribution >= 4 is 18.2 Å². The van der Waals surface area contributed by atoms with E-state index in [1.54, 1.807) is 6.07 Å². The van der Waals surface area contributed by atoms with Crippen LogP contribution in [0.2, 0.25) is 0 Å². The molecule has 0 saturated heterocycles. The van der Waals surface area contributed by atoms with Gasteiger partial charge in [-0.15, -0.1) is 0 Å². The molecule has 0 aromatic heterocycles. The summed E-state index contributed by atoms with van der Waals surface area (Å²) in [5, 5.41) is 26.3. The van der Waals surface area contributed by atoms with Crippen LogP contribution in [0.25, 0.3) is 0 Å². The summed E-state index contributed by atoms with van der Waals surface area (Å²) in [5.41, 5.74) is 4.02. The number of carboxylic acids is 2. The van der Waals surface area contributed by atoms with Gasteiger partial charge in [0.15, 0.2) is 0 Å². The van der Waals surface area contributed by atoms with E-state index in [9.17, 15) is 19.8 Å². The van der Waals surface area contributed by atoms with Crippen molar-refractivity contribution in [2.75, 3.05) is 6.61 Å². The van der Waals surface area contributed by atoms with E-state index < -0.39 is 18.0 Å². The van der Waals surface area contributed by atoms with Gasteiger partial charge in [0.05, 0.1) is 11.1 Å². The molecule has 1 atom stereocenters. The Kier molecular flexibility index (Phi) is 8.16. The molecule has 0 saturated carbocycles. The van der Waals surface area contributed by atoms with E-state index in [0.717, 1.165) is 22.3 Å². The minimum absolute atomic E-state index is 0.0305. The minimum Gasteiger partial charge on any atom is -0.489 e. The van der Waals surface area contributed by atoms with Gasteiger partial charge in [0, 0.05) is 12.8 Å². The van der Waals surface area contributed by atoms with Crippen molar-refractivity contribution in [2.24, 2.45) is 0 Å². The summed E-state index contributed by atoms with van der Waals surface area (Å²) >= 11 is 0. The van der Waals surface area contributed by atoms with E-state index in [1.165, 1.54) is 18.3 Å². The average molecular weight is 462 g/mol. The highest BCUT2D eigenvalue weighted by Gasteiger charge is 2.16. The number of carbonyl (C=O) groups is 2. The molecule has 0 aliphatic rings. The quantitative estimate of drug-likeness (QED) is 0.334. The normalized spacial score (nSPS) is 11.6. The molecule has 0 aliphatic carbocycles. The molecule has 176 valence electrons. The highest BCUT2D eigenvalue weighted by Crippen LogP contribution is 2.26. The minimum atomic E-state index is -1.17. The molecule has 3 rings (SSSR count). The van der Waals surface area contributed by atoms with Gasteiger partial charge in [-0.3, -0.25) is 0 Å². The molecule has 3 N–H and O–H groups in total. The fraction of sp³-hybridized carbons (Fsp3) is 0.222. The zero-order valence-corrected chi connectivity index (χ0v) is 19.1. The summed E-state index contributed by atoms with van der Waals surface area (Å²) in [6, 6.07) is 17.4. The zero-order valence-electron chi connectivity index (χ0n) is 19.1. The zero-order chi connectivity index (χ0) is 24.7. The second kappa shape index (κ2) is 11.2. The molecular weight excluding hydrogens is 434 g/mol. The van der Waals surface area contributed by atoms with Gasteiger partial charge in [-0.05, 0) is 72.4 Å². The Morgan fingerprint density at radius 3 is 2.32 bits per heavy atom. The van der Waals surface area contributed by atoms with Crippen LogP contribution in [0.1, 0.15) is 61.6 Å². The Bertz CT molecular complexity index is 1200. The monoisotopic (exact) mass is 461 g/mol. The van der Waals surface area contributed by atoms with E-state index in [1.807, 2.05) is 56.3 Å². The number of nitrogens with one attached hydrogen (secondary N) is 1. The van der Waals surface area contributed by atoms with E-state index in [4.69, 9.17) is 14.9 Å². The predicted octanol–water partition coefficient (Wildman–Crippen LogP) is 5.29. The average Bonchev–Trinajstić information content (AvgIpc) is 2.82. The number of hydrogen-bond acceptors (Lipinski definition) is 5. The Hall–Kier alpha value is -3.97. The smallest absolute Gasteiger partial charge is 0.336 e. The molecule has 0 aliphatic heterocycles. The Morgan fingerprint density at radius 1 is 0.971 bits per heavy atom. The van der Waals surface area contributed by atoms with Crippen molar-refractivity contribution < 1.29 is 29.3 Å². The molecular formula is C27H27NO6. The molecule has 7 heteroatoms. The summed E-state index contributed by atoms with van der Waals surface area (Å²) in [4.78, 5) is 22.9. The molecule has 0 radical (unpaired) electrons.